The monoisotopic (exact) mass is 439 g/mol. The summed E-state index contributed by atoms with van der Waals surface area (Å²) in [6.07, 6.45) is 3.08. The van der Waals surface area contributed by atoms with Crippen molar-refractivity contribution in [1.82, 2.24) is 4.98 Å². The fraction of sp³-hybridized carbons (Fsp3) is 0.182. The molecule has 160 valence electrons. The molecule has 1 aliphatic heterocycles. The van der Waals surface area contributed by atoms with Gasteiger partial charge >= 0.3 is 0 Å². The Labute approximate surface area is 180 Å². The maximum Gasteiger partial charge on any atom is 0.238 e. The fourth-order valence-electron chi connectivity index (χ4n) is 3.69. The number of primary sulfonamides is 1. The summed E-state index contributed by atoms with van der Waals surface area (Å²) in [7, 11) is -3.79. The number of anilines is 1. The number of carbonyl (C=O) groups excluding carboxylic acids is 1. The molecule has 0 saturated heterocycles. The van der Waals surface area contributed by atoms with Crippen LogP contribution in [0.1, 0.15) is 19.8 Å². The first kappa shape index (κ1) is 19.5. The van der Waals surface area contributed by atoms with E-state index in [1.54, 1.807) is 30.5 Å². The number of hydrogen-bond acceptors (Lipinski definition) is 6. The molecular formula is C22H21N3O5S. The summed E-state index contributed by atoms with van der Waals surface area (Å²) in [6, 6.07) is 15.4. The number of hydrogen-bond donors (Lipinski definition) is 2. The molecule has 0 atom stereocenters. The van der Waals surface area contributed by atoms with Crippen LogP contribution in [0.2, 0.25) is 0 Å². The Bertz CT molecular complexity index is 1290. The first-order valence-electron chi connectivity index (χ1n) is 9.66. The number of sulfonamides is 1. The van der Waals surface area contributed by atoms with Gasteiger partial charge in [-0.1, -0.05) is 18.2 Å². The van der Waals surface area contributed by atoms with Gasteiger partial charge in [0.05, 0.1) is 10.3 Å². The molecule has 3 N–H and O–H groups in total. The van der Waals surface area contributed by atoms with Gasteiger partial charge in [-0.25, -0.2) is 18.5 Å². The van der Waals surface area contributed by atoms with Gasteiger partial charge in [0.1, 0.15) is 5.82 Å². The van der Waals surface area contributed by atoms with E-state index in [-0.39, 0.29) is 19.0 Å². The average Bonchev–Trinajstić information content (AvgIpc) is 3.45. The summed E-state index contributed by atoms with van der Waals surface area (Å²) in [6.45, 7) is 0.189. The number of nitrogens with two attached hydrogens (primary N) is 1. The fourth-order valence-corrected chi connectivity index (χ4v) is 4.25. The third-order valence-corrected chi connectivity index (χ3v) is 6.52. The Hall–Kier alpha value is -3.43. The maximum atomic E-state index is 13.0. The maximum absolute atomic E-state index is 13.0. The predicted octanol–water partition coefficient (Wildman–Crippen LogP) is 3.04. The van der Waals surface area contributed by atoms with Gasteiger partial charge < -0.3 is 14.8 Å². The molecule has 1 aromatic heterocycles. The highest BCUT2D eigenvalue weighted by atomic mass is 32.2. The van der Waals surface area contributed by atoms with Crippen molar-refractivity contribution in [2.45, 2.75) is 23.2 Å². The predicted molar refractivity (Wildman–Crippen MR) is 115 cm³/mol. The van der Waals surface area contributed by atoms with E-state index in [0.717, 1.165) is 18.4 Å². The van der Waals surface area contributed by atoms with E-state index >= 15 is 0 Å². The average molecular weight is 439 g/mol. The number of fused-ring (bicyclic) bond motifs is 1. The van der Waals surface area contributed by atoms with Gasteiger partial charge in [-0.15, -0.1) is 0 Å². The van der Waals surface area contributed by atoms with E-state index in [4.69, 9.17) is 14.6 Å². The van der Waals surface area contributed by atoms with Crippen LogP contribution >= 0.6 is 0 Å². The minimum absolute atomic E-state index is 0. The highest BCUT2D eigenvalue weighted by Gasteiger charge is 2.51. The third-order valence-electron chi connectivity index (χ3n) is 5.61. The molecule has 31 heavy (non-hydrogen) atoms. The highest BCUT2D eigenvalue weighted by Crippen LogP contribution is 2.51. The first-order chi connectivity index (χ1) is 14.8. The lowest BCUT2D eigenvalue weighted by Crippen LogP contribution is -2.28. The van der Waals surface area contributed by atoms with Gasteiger partial charge in [-0.2, -0.15) is 0 Å². The topological polar surface area (TPSA) is 121 Å². The van der Waals surface area contributed by atoms with Gasteiger partial charge in [-0.05, 0) is 60.4 Å². The molecule has 1 aliphatic carbocycles. The van der Waals surface area contributed by atoms with E-state index in [9.17, 15) is 13.2 Å². The normalized spacial score (nSPS) is 16.0. The second-order valence-electron chi connectivity index (χ2n) is 7.61. The molecule has 1 fully saturated rings. The quantitative estimate of drug-likeness (QED) is 0.630. The summed E-state index contributed by atoms with van der Waals surface area (Å²) >= 11 is 0. The number of amides is 1. The molecule has 0 bridgehead atoms. The van der Waals surface area contributed by atoms with Crippen LogP contribution in [0.3, 0.4) is 0 Å². The van der Waals surface area contributed by atoms with Crippen LogP contribution in [-0.4, -0.2) is 26.1 Å². The molecule has 0 spiro atoms. The zero-order valence-corrected chi connectivity index (χ0v) is 17.2. The van der Waals surface area contributed by atoms with Crippen LogP contribution < -0.4 is 19.9 Å². The van der Waals surface area contributed by atoms with Crippen molar-refractivity contribution in [1.29, 1.82) is 0 Å². The zero-order chi connectivity index (χ0) is 21.6. The Balaban J connectivity index is 0.00000245. The van der Waals surface area contributed by atoms with E-state index in [1.807, 2.05) is 18.2 Å². The third kappa shape index (κ3) is 3.62. The number of rotatable bonds is 5. The summed E-state index contributed by atoms with van der Waals surface area (Å²) < 4.78 is 33.9. The van der Waals surface area contributed by atoms with E-state index in [2.05, 4.69) is 10.3 Å². The van der Waals surface area contributed by atoms with Crippen LogP contribution in [0.4, 0.5) is 5.82 Å². The Kier molecular flexibility index (Phi) is 4.45. The number of pyridine rings is 1. The van der Waals surface area contributed by atoms with Gasteiger partial charge in [0.15, 0.2) is 11.5 Å². The first-order valence-corrected chi connectivity index (χ1v) is 11.2. The van der Waals surface area contributed by atoms with Crippen LogP contribution in [-0.2, 0) is 20.2 Å². The Morgan fingerprint density at radius 2 is 1.84 bits per heavy atom. The van der Waals surface area contributed by atoms with Crippen molar-refractivity contribution < 1.29 is 24.1 Å². The van der Waals surface area contributed by atoms with Crippen molar-refractivity contribution in [3.63, 3.8) is 0 Å². The van der Waals surface area contributed by atoms with Gasteiger partial charge in [0.2, 0.25) is 22.7 Å². The number of nitrogens with one attached hydrogen (secondary N) is 1. The molecule has 1 amide bonds. The Morgan fingerprint density at radius 3 is 2.55 bits per heavy atom. The zero-order valence-electron chi connectivity index (χ0n) is 16.4. The molecule has 2 heterocycles. The molecule has 1 saturated carbocycles. The summed E-state index contributed by atoms with van der Waals surface area (Å²) in [5, 5.41) is 8.09. The molecule has 0 unspecified atom stereocenters. The number of carbonyl (C=O) groups is 1. The minimum Gasteiger partial charge on any atom is -0.454 e. The molecule has 8 nitrogen and oxygen atoms in total. The van der Waals surface area contributed by atoms with Gasteiger partial charge in [0.25, 0.3) is 0 Å². The van der Waals surface area contributed by atoms with Crippen LogP contribution in [0, 0.1) is 0 Å². The second-order valence-corrected chi connectivity index (χ2v) is 9.17. The van der Waals surface area contributed by atoms with Crippen molar-refractivity contribution in [2.75, 3.05) is 12.1 Å². The number of benzene rings is 2. The van der Waals surface area contributed by atoms with E-state index < -0.39 is 15.4 Å². The summed E-state index contributed by atoms with van der Waals surface area (Å²) in [5.41, 5.74) is 1.67. The van der Waals surface area contributed by atoms with Crippen LogP contribution in [0.15, 0.2) is 65.7 Å². The SMILES string of the molecule is NS(=O)(=O)c1cccc(-c2ccc(NC(=O)C3(c4ccc5c(c4)OCO5)CC3)nc2)c1.[HH]. The van der Waals surface area contributed by atoms with Crippen molar-refractivity contribution >= 4 is 21.7 Å². The smallest absolute Gasteiger partial charge is 0.238 e. The lowest BCUT2D eigenvalue weighted by molar-refractivity contribution is -0.118. The Morgan fingerprint density at radius 1 is 1.03 bits per heavy atom. The molecular weight excluding hydrogens is 418 g/mol. The summed E-state index contributed by atoms with van der Waals surface area (Å²) in [4.78, 5) is 17.4. The van der Waals surface area contributed by atoms with Crippen molar-refractivity contribution in [3.8, 4) is 22.6 Å². The minimum atomic E-state index is -3.79. The molecule has 3 aromatic rings. The highest BCUT2D eigenvalue weighted by molar-refractivity contribution is 7.89. The second kappa shape index (κ2) is 7.07. The number of nitrogens with zero attached hydrogens (tertiary/aromatic N) is 1. The lowest BCUT2D eigenvalue weighted by atomic mass is 9.94. The molecule has 2 aromatic carbocycles. The molecule has 9 heteroatoms. The van der Waals surface area contributed by atoms with Gasteiger partial charge in [-0.3, -0.25) is 4.79 Å². The molecule has 5 rings (SSSR count). The summed E-state index contributed by atoms with van der Waals surface area (Å²) in [5.74, 6) is 1.63. The number of ether oxygens (including phenoxy) is 2. The van der Waals surface area contributed by atoms with E-state index in [1.165, 1.54) is 12.1 Å². The largest absolute Gasteiger partial charge is 0.454 e. The standard InChI is InChI=1S/C22H19N3O5S.H2/c23-31(27,28)17-3-1-2-14(10-17)15-4-7-20(24-12-15)25-21(26)22(8-9-22)16-5-6-18-19(11-16)30-13-29-18;/h1-7,10-12H,8-9,13H2,(H2,23,27,28)(H,24,25,26);1H. The molecule has 2 aliphatic rings. The van der Waals surface area contributed by atoms with E-state index in [0.29, 0.717) is 28.4 Å². The van der Waals surface area contributed by atoms with Crippen molar-refractivity contribution in [3.05, 3.63) is 66.4 Å². The lowest BCUT2D eigenvalue weighted by Gasteiger charge is -2.16. The van der Waals surface area contributed by atoms with Gasteiger partial charge in [0, 0.05) is 13.2 Å². The molecule has 0 radical (unpaired) electrons. The van der Waals surface area contributed by atoms with Crippen LogP contribution in [0.5, 0.6) is 11.5 Å². The number of aromatic nitrogens is 1. The van der Waals surface area contributed by atoms with Crippen LogP contribution in [0.25, 0.3) is 11.1 Å². The van der Waals surface area contributed by atoms with Crippen molar-refractivity contribution in [2.24, 2.45) is 5.14 Å².